The normalized spacial score (nSPS) is 12.0. The van der Waals surface area contributed by atoms with Crippen LogP contribution in [0.25, 0.3) is 0 Å². The highest BCUT2D eigenvalue weighted by atomic mass is 35.5. The number of rotatable bonds is 8. The van der Waals surface area contributed by atoms with Crippen LogP contribution in [0.15, 0.2) is 18.2 Å². The molecule has 1 unspecified atom stereocenters. The van der Waals surface area contributed by atoms with E-state index in [1.165, 1.54) is 0 Å². The summed E-state index contributed by atoms with van der Waals surface area (Å²) in [6, 6.07) is 4.85. The average Bonchev–Trinajstić information content (AvgIpc) is 2.38. The Morgan fingerprint density at radius 3 is 2.70 bits per heavy atom. The third-order valence-electron chi connectivity index (χ3n) is 2.79. The molecular weight excluding hydrogens is 299 g/mol. The van der Waals surface area contributed by atoms with Crippen molar-refractivity contribution in [3.63, 3.8) is 0 Å². The van der Waals surface area contributed by atoms with Gasteiger partial charge in [-0.2, -0.15) is 0 Å². The lowest BCUT2D eigenvalue weighted by molar-refractivity contribution is -0.150. The van der Waals surface area contributed by atoms with E-state index in [9.17, 15) is 4.79 Å². The van der Waals surface area contributed by atoms with Gasteiger partial charge in [-0.05, 0) is 38.0 Å². The summed E-state index contributed by atoms with van der Waals surface area (Å²) in [5.74, 6) is 0.0340. The third-order valence-corrected chi connectivity index (χ3v) is 3.32. The molecule has 112 valence electrons. The number of unbranched alkanes of at least 4 members (excludes halogenated alkanes) is 2. The van der Waals surface area contributed by atoms with Crippen molar-refractivity contribution in [2.24, 2.45) is 0 Å². The maximum Gasteiger partial charge on any atom is 0.344 e. The first kappa shape index (κ1) is 17.1. The first-order valence-electron chi connectivity index (χ1n) is 6.80. The Kier molecular flexibility index (Phi) is 7.78. The Labute approximate surface area is 130 Å². The van der Waals surface area contributed by atoms with Crippen LogP contribution in [-0.2, 0) is 9.53 Å². The maximum absolute atomic E-state index is 11.6. The second kappa shape index (κ2) is 9.09. The first-order valence-corrected chi connectivity index (χ1v) is 7.55. The summed E-state index contributed by atoms with van der Waals surface area (Å²) < 4.78 is 10.6. The smallest absolute Gasteiger partial charge is 0.344 e. The van der Waals surface area contributed by atoms with Crippen molar-refractivity contribution in [1.29, 1.82) is 0 Å². The molecule has 0 spiro atoms. The van der Waals surface area contributed by atoms with Crippen LogP contribution in [0.4, 0.5) is 0 Å². The topological polar surface area (TPSA) is 35.5 Å². The molecule has 0 aliphatic heterocycles. The van der Waals surface area contributed by atoms with Gasteiger partial charge in [-0.1, -0.05) is 43.0 Å². The number of halogens is 2. The van der Waals surface area contributed by atoms with Crippen LogP contribution in [-0.4, -0.2) is 18.7 Å². The van der Waals surface area contributed by atoms with Gasteiger partial charge < -0.3 is 9.47 Å². The van der Waals surface area contributed by atoms with Gasteiger partial charge in [0.1, 0.15) is 5.75 Å². The van der Waals surface area contributed by atoms with Gasteiger partial charge >= 0.3 is 5.97 Å². The number of ether oxygens (including phenoxy) is 2. The molecule has 0 aliphatic carbocycles. The van der Waals surface area contributed by atoms with Crippen molar-refractivity contribution in [2.45, 2.75) is 45.6 Å². The Hall–Kier alpha value is -0.930. The molecular formula is C15H20Cl2O3. The molecule has 1 aromatic carbocycles. The van der Waals surface area contributed by atoms with Crippen LogP contribution >= 0.6 is 23.2 Å². The minimum absolute atomic E-state index is 0.0849. The molecule has 0 amide bonds. The summed E-state index contributed by atoms with van der Waals surface area (Å²) in [5.41, 5.74) is 0. The standard InChI is InChI=1S/C15H20Cl2O3/c1-3-4-5-6-11(2)20-15(18)10-19-14-8-7-12(16)9-13(14)17/h7-9,11H,3-6,10H2,1-2H3. The summed E-state index contributed by atoms with van der Waals surface area (Å²) in [6.07, 6.45) is 4.16. The van der Waals surface area contributed by atoms with E-state index < -0.39 is 0 Å². The molecule has 20 heavy (non-hydrogen) atoms. The van der Waals surface area contributed by atoms with E-state index in [1.54, 1.807) is 18.2 Å². The van der Waals surface area contributed by atoms with Crippen LogP contribution in [0, 0.1) is 0 Å². The van der Waals surface area contributed by atoms with E-state index >= 15 is 0 Å². The molecule has 0 saturated heterocycles. The van der Waals surface area contributed by atoms with Crippen molar-refractivity contribution < 1.29 is 14.3 Å². The average molecular weight is 319 g/mol. The second-order valence-electron chi connectivity index (χ2n) is 4.66. The zero-order valence-electron chi connectivity index (χ0n) is 11.8. The van der Waals surface area contributed by atoms with Gasteiger partial charge in [-0.25, -0.2) is 4.79 Å². The van der Waals surface area contributed by atoms with Crippen molar-refractivity contribution in [2.75, 3.05) is 6.61 Å². The Bertz CT molecular complexity index is 435. The summed E-state index contributed by atoms with van der Waals surface area (Å²) in [4.78, 5) is 11.6. The molecule has 0 fully saturated rings. The van der Waals surface area contributed by atoms with Crippen molar-refractivity contribution in [3.05, 3.63) is 28.2 Å². The Balaban J connectivity index is 2.32. The van der Waals surface area contributed by atoms with Gasteiger partial charge in [0.25, 0.3) is 0 Å². The number of carbonyl (C=O) groups is 1. The zero-order chi connectivity index (χ0) is 15.0. The van der Waals surface area contributed by atoms with Crippen molar-refractivity contribution in [3.8, 4) is 5.75 Å². The highest BCUT2D eigenvalue weighted by Crippen LogP contribution is 2.27. The molecule has 1 rings (SSSR count). The summed E-state index contributed by atoms with van der Waals surface area (Å²) in [6.45, 7) is 3.88. The monoisotopic (exact) mass is 318 g/mol. The molecule has 0 saturated carbocycles. The van der Waals surface area contributed by atoms with Gasteiger partial charge in [-0.3, -0.25) is 0 Å². The van der Waals surface area contributed by atoms with Crippen molar-refractivity contribution >= 4 is 29.2 Å². The SMILES string of the molecule is CCCCCC(C)OC(=O)COc1ccc(Cl)cc1Cl. The molecule has 0 aromatic heterocycles. The van der Waals surface area contributed by atoms with Crippen LogP contribution in [0.3, 0.4) is 0 Å². The molecule has 0 heterocycles. The first-order chi connectivity index (χ1) is 9.52. The summed E-state index contributed by atoms with van der Waals surface area (Å²) in [7, 11) is 0. The fraction of sp³-hybridized carbons (Fsp3) is 0.533. The van der Waals surface area contributed by atoms with Gasteiger partial charge in [-0.15, -0.1) is 0 Å². The molecule has 0 bridgehead atoms. The minimum atomic E-state index is -0.389. The second-order valence-corrected chi connectivity index (χ2v) is 5.50. The largest absolute Gasteiger partial charge is 0.480 e. The molecule has 5 heteroatoms. The Morgan fingerprint density at radius 1 is 1.30 bits per heavy atom. The summed E-state index contributed by atoms with van der Waals surface area (Å²) in [5, 5.41) is 0.899. The predicted molar refractivity (Wildman–Crippen MR) is 81.7 cm³/mol. The lowest BCUT2D eigenvalue weighted by atomic mass is 10.1. The third kappa shape index (κ3) is 6.49. The number of benzene rings is 1. The molecule has 1 atom stereocenters. The van der Waals surface area contributed by atoms with Crippen molar-refractivity contribution in [1.82, 2.24) is 0 Å². The number of hydrogen-bond donors (Lipinski definition) is 0. The highest BCUT2D eigenvalue weighted by Gasteiger charge is 2.11. The molecule has 3 nitrogen and oxygen atoms in total. The summed E-state index contributed by atoms with van der Waals surface area (Å²) >= 11 is 11.7. The Morgan fingerprint density at radius 2 is 2.05 bits per heavy atom. The molecule has 0 radical (unpaired) electrons. The van der Waals surface area contributed by atoms with E-state index in [-0.39, 0.29) is 18.7 Å². The predicted octanol–water partition coefficient (Wildman–Crippen LogP) is 4.88. The minimum Gasteiger partial charge on any atom is -0.480 e. The number of carbonyl (C=O) groups excluding carboxylic acids is 1. The molecule has 0 aliphatic rings. The van der Waals surface area contributed by atoms with Gasteiger partial charge in [0.2, 0.25) is 0 Å². The number of esters is 1. The van der Waals surface area contributed by atoms with E-state index in [0.29, 0.717) is 15.8 Å². The van der Waals surface area contributed by atoms with E-state index in [1.807, 2.05) is 6.92 Å². The van der Waals surface area contributed by atoms with E-state index in [0.717, 1.165) is 25.7 Å². The van der Waals surface area contributed by atoms with E-state index in [4.69, 9.17) is 32.7 Å². The number of hydrogen-bond acceptors (Lipinski definition) is 3. The molecule has 1 aromatic rings. The van der Waals surface area contributed by atoms with Gasteiger partial charge in [0.15, 0.2) is 6.61 Å². The zero-order valence-corrected chi connectivity index (χ0v) is 13.3. The maximum atomic E-state index is 11.6. The van der Waals surface area contributed by atoms with Crippen LogP contribution in [0.1, 0.15) is 39.5 Å². The van der Waals surface area contributed by atoms with E-state index in [2.05, 4.69) is 6.92 Å². The fourth-order valence-corrected chi connectivity index (χ4v) is 2.19. The van der Waals surface area contributed by atoms with Crippen LogP contribution in [0.2, 0.25) is 10.0 Å². The van der Waals surface area contributed by atoms with Gasteiger partial charge in [0.05, 0.1) is 11.1 Å². The lowest BCUT2D eigenvalue weighted by Gasteiger charge is -2.13. The van der Waals surface area contributed by atoms with Gasteiger partial charge in [0, 0.05) is 5.02 Å². The van der Waals surface area contributed by atoms with Crippen LogP contribution < -0.4 is 4.74 Å². The fourth-order valence-electron chi connectivity index (χ4n) is 1.73. The van der Waals surface area contributed by atoms with Crippen LogP contribution in [0.5, 0.6) is 5.75 Å². The lowest BCUT2D eigenvalue weighted by Crippen LogP contribution is -2.20. The quantitative estimate of drug-likeness (QED) is 0.506. The molecule has 0 N–H and O–H groups in total. The highest BCUT2D eigenvalue weighted by molar-refractivity contribution is 6.35.